The fraction of sp³-hybridized carbons (Fsp3) is 0.667. The molecule has 5 nitrogen and oxygen atoms in total. The first-order valence-electron chi connectivity index (χ1n) is 10.2. The van der Waals surface area contributed by atoms with Gasteiger partial charge in [-0.1, -0.05) is 23.7 Å². The van der Waals surface area contributed by atoms with Crippen LogP contribution in [0.1, 0.15) is 37.7 Å². The molecule has 0 spiro atoms. The van der Waals surface area contributed by atoms with E-state index in [2.05, 4.69) is 21.3 Å². The minimum atomic E-state index is 0.303. The lowest BCUT2D eigenvalue weighted by Crippen LogP contribution is -2.47. The van der Waals surface area contributed by atoms with Crippen molar-refractivity contribution in [2.24, 2.45) is 4.99 Å². The number of guanidine groups is 1. The standard InChI is InChI=1S/C21H32ClN3O2/c1-23-21(24-11-8-17-5-4-6-18(22)15-17)25-12-9-19(10-13-25)27-16-20-7-2-3-14-26-20/h4-6,15,19-20H,2-3,7-14,16H2,1H3,(H,23,24). The number of benzene rings is 1. The Kier molecular flexibility index (Phi) is 8.24. The smallest absolute Gasteiger partial charge is 0.193 e. The van der Waals surface area contributed by atoms with Crippen LogP contribution in [-0.2, 0) is 15.9 Å². The first kappa shape index (κ1) is 20.4. The molecule has 0 saturated carbocycles. The molecule has 1 atom stereocenters. The molecule has 1 aromatic rings. The molecule has 6 heteroatoms. The van der Waals surface area contributed by atoms with Gasteiger partial charge in [0.2, 0.25) is 0 Å². The van der Waals surface area contributed by atoms with Gasteiger partial charge in [0.05, 0.1) is 18.8 Å². The van der Waals surface area contributed by atoms with Crippen LogP contribution in [0.15, 0.2) is 29.3 Å². The van der Waals surface area contributed by atoms with Crippen LogP contribution in [0.3, 0.4) is 0 Å². The first-order valence-corrected chi connectivity index (χ1v) is 10.6. The van der Waals surface area contributed by atoms with Crippen molar-refractivity contribution in [3.05, 3.63) is 34.9 Å². The van der Waals surface area contributed by atoms with E-state index < -0.39 is 0 Å². The molecule has 2 saturated heterocycles. The lowest BCUT2D eigenvalue weighted by Gasteiger charge is -2.35. The minimum Gasteiger partial charge on any atom is -0.376 e. The second-order valence-electron chi connectivity index (χ2n) is 7.36. The van der Waals surface area contributed by atoms with Crippen molar-refractivity contribution in [1.29, 1.82) is 0 Å². The van der Waals surface area contributed by atoms with Crippen LogP contribution in [0.2, 0.25) is 5.02 Å². The summed E-state index contributed by atoms with van der Waals surface area (Å²) >= 11 is 6.05. The fourth-order valence-electron chi connectivity index (χ4n) is 3.76. The average Bonchev–Trinajstić information content (AvgIpc) is 2.71. The highest BCUT2D eigenvalue weighted by Gasteiger charge is 2.23. The summed E-state index contributed by atoms with van der Waals surface area (Å²) in [4.78, 5) is 6.78. The van der Waals surface area contributed by atoms with Crippen LogP contribution >= 0.6 is 11.6 Å². The van der Waals surface area contributed by atoms with E-state index in [0.717, 1.165) is 69.5 Å². The van der Waals surface area contributed by atoms with Crippen molar-refractivity contribution in [2.45, 2.75) is 50.7 Å². The van der Waals surface area contributed by atoms with E-state index in [0.29, 0.717) is 12.2 Å². The van der Waals surface area contributed by atoms with E-state index in [1.807, 2.05) is 25.2 Å². The minimum absolute atomic E-state index is 0.303. The third-order valence-electron chi connectivity index (χ3n) is 5.33. The summed E-state index contributed by atoms with van der Waals surface area (Å²) in [6.45, 7) is 4.45. The number of nitrogens with zero attached hydrogens (tertiary/aromatic N) is 2. The van der Waals surface area contributed by atoms with E-state index in [-0.39, 0.29) is 0 Å². The van der Waals surface area contributed by atoms with E-state index in [1.165, 1.54) is 18.4 Å². The van der Waals surface area contributed by atoms with E-state index in [9.17, 15) is 0 Å². The highest BCUT2D eigenvalue weighted by Crippen LogP contribution is 2.18. The molecule has 150 valence electrons. The lowest BCUT2D eigenvalue weighted by atomic mass is 10.1. The van der Waals surface area contributed by atoms with E-state index in [4.69, 9.17) is 21.1 Å². The third kappa shape index (κ3) is 6.66. The Hall–Kier alpha value is -1.30. The Balaban J connectivity index is 1.35. The molecule has 0 aromatic heterocycles. The quantitative estimate of drug-likeness (QED) is 0.593. The zero-order valence-electron chi connectivity index (χ0n) is 16.3. The number of hydrogen-bond acceptors (Lipinski definition) is 3. The zero-order chi connectivity index (χ0) is 18.9. The maximum atomic E-state index is 6.11. The van der Waals surface area contributed by atoms with Gasteiger partial charge in [-0.15, -0.1) is 0 Å². The lowest BCUT2D eigenvalue weighted by molar-refractivity contribution is -0.0721. The topological polar surface area (TPSA) is 46.1 Å². The van der Waals surface area contributed by atoms with Crippen LogP contribution in [0.5, 0.6) is 0 Å². The van der Waals surface area contributed by atoms with Gasteiger partial charge in [-0.05, 0) is 56.2 Å². The van der Waals surface area contributed by atoms with Crippen LogP contribution in [0, 0.1) is 0 Å². The largest absolute Gasteiger partial charge is 0.376 e. The van der Waals surface area contributed by atoms with Gasteiger partial charge in [0.25, 0.3) is 0 Å². The highest BCUT2D eigenvalue weighted by atomic mass is 35.5. The third-order valence-corrected chi connectivity index (χ3v) is 5.57. The van der Waals surface area contributed by atoms with Crippen LogP contribution in [-0.4, -0.2) is 63.0 Å². The molecule has 2 fully saturated rings. The van der Waals surface area contributed by atoms with E-state index >= 15 is 0 Å². The maximum Gasteiger partial charge on any atom is 0.193 e. The van der Waals surface area contributed by atoms with Crippen molar-refractivity contribution in [3.63, 3.8) is 0 Å². The number of rotatable bonds is 6. The Bertz CT molecular complexity index is 597. The number of likely N-dealkylation sites (tertiary alicyclic amines) is 1. The molecule has 1 unspecified atom stereocenters. The van der Waals surface area contributed by atoms with Crippen LogP contribution in [0.25, 0.3) is 0 Å². The first-order chi connectivity index (χ1) is 13.2. The molecule has 0 bridgehead atoms. The van der Waals surface area contributed by atoms with Crippen molar-refractivity contribution >= 4 is 17.6 Å². The Morgan fingerprint density at radius 1 is 1.30 bits per heavy atom. The molecule has 27 heavy (non-hydrogen) atoms. The van der Waals surface area contributed by atoms with Gasteiger partial charge in [-0.3, -0.25) is 4.99 Å². The molecule has 2 aliphatic heterocycles. The number of nitrogens with one attached hydrogen (secondary N) is 1. The van der Waals surface area contributed by atoms with Crippen molar-refractivity contribution < 1.29 is 9.47 Å². The maximum absolute atomic E-state index is 6.11. The highest BCUT2D eigenvalue weighted by molar-refractivity contribution is 6.30. The normalized spacial score (nSPS) is 22.1. The van der Waals surface area contributed by atoms with Gasteiger partial charge in [0.1, 0.15) is 0 Å². The van der Waals surface area contributed by atoms with E-state index in [1.54, 1.807) is 0 Å². The van der Waals surface area contributed by atoms with Crippen molar-refractivity contribution in [3.8, 4) is 0 Å². The molecule has 0 amide bonds. The van der Waals surface area contributed by atoms with Gasteiger partial charge in [-0.25, -0.2) is 0 Å². The summed E-state index contributed by atoms with van der Waals surface area (Å²) in [6, 6.07) is 8.03. The van der Waals surface area contributed by atoms with Crippen LogP contribution < -0.4 is 5.32 Å². The molecule has 2 heterocycles. The number of hydrogen-bond donors (Lipinski definition) is 1. The van der Waals surface area contributed by atoms with Gasteiger partial charge in [0.15, 0.2) is 5.96 Å². The predicted molar refractivity (Wildman–Crippen MR) is 111 cm³/mol. The number of aliphatic imine (C=N–C) groups is 1. The number of halogens is 1. The van der Waals surface area contributed by atoms with Gasteiger partial charge >= 0.3 is 0 Å². The number of piperidine rings is 1. The summed E-state index contributed by atoms with van der Waals surface area (Å²) in [6.07, 6.45) is 7.27. The summed E-state index contributed by atoms with van der Waals surface area (Å²) in [5, 5.41) is 4.27. The SMILES string of the molecule is CN=C(NCCc1cccc(Cl)c1)N1CCC(OCC2CCCCO2)CC1. The molecule has 1 aromatic carbocycles. The summed E-state index contributed by atoms with van der Waals surface area (Å²) in [7, 11) is 1.85. The predicted octanol–water partition coefficient (Wildman–Crippen LogP) is 3.51. The summed E-state index contributed by atoms with van der Waals surface area (Å²) in [5.74, 6) is 0.978. The summed E-state index contributed by atoms with van der Waals surface area (Å²) < 4.78 is 11.9. The van der Waals surface area contributed by atoms with Crippen LogP contribution in [0.4, 0.5) is 0 Å². The Labute approximate surface area is 168 Å². The Morgan fingerprint density at radius 2 is 2.15 bits per heavy atom. The molecule has 0 radical (unpaired) electrons. The molecule has 1 N–H and O–H groups in total. The molecular weight excluding hydrogens is 362 g/mol. The van der Waals surface area contributed by atoms with Gasteiger partial charge in [-0.2, -0.15) is 0 Å². The Morgan fingerprint density at radius 3 is 2.85 bits per heavy atom. The second-order valence-corrected chi connectivity index (χ2v) is 7.80. The van der Waals surface area contributed by atoms with Gasteiger partial charge in [0, 0.05) is 38.3 Å². The van der Waals surface area contributed by atoms with Crippen molar-refractivity contribution in [2.75, 3.05) is 39.9 Å². The summed E-state index contributed by atoms with van der Waals surface area (Å²) in [5.41, 5.74) is 1.24. The average molecular weight is 394 g/mol. The molecule has 3 rings (SSSR count). The van der Waals surface area contributed by atoms with Crippen molar-refractivity contribution in [1.82, 2.24) is 10.2 Å². The molecule has 0 aliphatic carbocycles. The molecular formula is C21H32ClN3O2. The second kappa shape index (κ2) is 10.9. The number of ether oxygens (including phenoxy) is 2. The molecule has 2 aliphatic rings. The zero-order valence-corrected chi connectivity index (χ0v) is 17.1. The van der Waals surface area contributed by atoms with Gasteiger partial charge < -0.3 is 19.7 Å². The fourth-order valence-corrected chi connectivity index (χ4v) is 3.97. The monoisotopic (exact) mass is 393 g/mol.